The molecule has 5 nitrogen and oxygen atoms in total. The molecule has 2 N–H and O–H groups in total. The summed E-state index contributed by atoms with van der Waals surface area (Å²) in [5.41, 5.74) is 3.93. The van der Waals surface area contributed by atoms with Crippen LogP contribution in [-0.2, 0) is 6.18 Å². The summed E-state index contributed by atoms with van der Waals surface area (Å²) in [6.45, 7) is 0. The van der Waals surface area contributed by atoms with E-state index < -0.39 is 22.4 Å². The molecule has 0 aliphatic carbocycles. The zero-order valence-corrected chi connectivity index (χ0v) is 12.5. The fourth-order valence-electron chi connectivity index (χ4n) is 1.67. The van der Waals surface area contributed by atoms with Crippen LogP contribution in [0.5, 0.6) is 11.5 Å². The molecule has 0 amide bonds. The zero-order chi connectivity index (χ0) is 17.4. The largest absolute Gasteiger partial charge is 0.454 e. The van der Waals surface area contributed by atoms with E-state index in [0.717, 1.165) is 24.3 Å². The topological polar surface area (TPSA) is 78.4 Å². The van der Waals surface area contributed by atoms with E-state index in [2.05, 4.69) is 0 Å². The highest BCUT2D eigenvalue weighted by Crippen LogP contribution is 2.40. The minimum atomic E-state index is -4.54. The molecule has 0 aliphatic rings. The van der Waals surface area contributed by atoms with Crippen LogP contribution in [0.2, 0.25) is 10.0 Å². The van der Waals surface area contributed by atoms with Gasteiger partial charge in [-0.15, -0.1) is 0 Å². The number of benzene rings is 2. The molecule has 0 bridgehead atoms. The van der Waals surface area contributed by atoms with E-state index in [1.807, 2.05) is 0 Å². The van der Waals surface area contributed by atoms with E-state index in [4.69, 9.17) is 33.7 Å². The number of nitro benzene ring substituents is 1. The molecule has 0 radical (unpaired) electrons. The molecule has 0 fully saturated rings. The molecular weight excluding hydrogens is 360 g/mol. The maximum Gasteiger partial charge on any atom is 0.416 e. The Labute approximate surface area is 137 Å². The highest BCUT2D eigenvalue weighted by Gasteiger charge is 2.31. The number of nitrogen functional groups attached to an aromatic ring is 1. The second-order valence-corrected chi connectivity index (χ2v) is 5.16. The van der Waals surface area contributed by atoms with Crippen LogP contribution >= 0.6 is 23.2 Å². The average Bonchev–Trinajstić information content (AvgIpc) is 2.43. The third kappa shape index (κ3) is 3.77. The summed E-state index contributed by atoms with van der Waals surface area (Å²) in [4.78, 5) is 10.0. The number of hydrogen-bond acceptors (Lipinski definition) is 4. The molecule has 23 heavy (non-hydrogen) atoms. The summed E-state index contributed by atoms with van der Waals surface area (Å²) in [7, 11) is 0. The lowest BCUT2D eigenvalue weighted by Gasteiger charge is -2.12. The Morgan fingerprint density at radius 2 is 1.70 bits per heavy atom. The number of ether oxygens (including phenoxy) is 1. The first-order valence-corrected chi connectivity index (χ1v) is 6.63. The van der Waals surface area contributed by atoms with Gasteiger partial charge in [0.15, 0.2) is 0 Å². The van der Waals surface area contributed by atoms with Crippen molar-refractivity contribution in [1.29, 1.82) is 0 Å². The van der Waals surface area contributed by atoms with Gasteiger partial charge in [-0.05, 0) is 18.2 Å². The van der Waals surface area contributed by atoms with Crippen molar-refractivity contribution in [3.05, 3.63) is 56.1 Å². The van der Waals surface area contributed by atoms with Gasteiger partial charge in [0.25, 0.3) is 5.69 Å². The van der Waals surface area contributed by atoms with Crippen molar-refractivity contribution in [3.8, 4) is 11.5 Å². The van der Waals surface area contributed by atoms with Crippen LogP contribution in [0.15, 0.2) is 30.3 Å². The molecule has 0 heterocycles. The summed E-state index contributed by atoms with van der Waals surface area (Å²) < 4.78 is 43.0. The van der Waals surface area contributed by atoms with E-state index in [1.54, 1.807) is 0 Å². The first-order chi connectivity index (χ1) is 10.6. The van der Waals surface area contributed by atoms with Crippen LogP contribution in [0.4, 0.5) is 24.5 Å². The third-order valence-electron chi connectivity index (χ3n) is 2.76. The van der Waals surface area contributed by atoms with Gasteiger partial charge in [0.2, 0.25) is 0 Å². The van der Waals surface area contributed by atoms with E-state index in [9.17, 15) is 23.3 Å². The third-order valence-corrected chi connectivity index (χ3v) is 3.35. The van der Waals surface area contributed by atoms with Crippen LogP contribution in [0.25, 0.3) is 0 Å². The smallest absolute Gasteiger partial charge is 0.416 e. The summed E-state index contributed by atoms with van der Waals surface area (Å²) in [5.74, 6) is -0.175. The van der Waals surface area contributed by atoms with Crippen molar-refractivity contribution in [1.82, 2.24) is 0 Å². The highest BCUT2D eigenvalue weighted by molar-refractivity contribution is 6.33. The quantitative estimate of drug-likeness (QED) is 0.454. The molecule has 0 saturated carbocycles. The molecule has 0 aliphatic heterocycles. The van der Waals surface area contributed by atoms with E-state index in [1.165, 1.54) is 0 Å². The van der Waals surface area contributed by atoms with Crippen molar-refractivity contribution in [3.63, 3.8) is 0 Å². The molecule has 10 heteroatoms. The lowest BCUT2D eigenvalue weighted by atomic mass is 10.2. The van der Waals surface area contributed by atoms with Crippen LogP contribution < -0.4 is 10.5 Å². The predicted molar refractivity (Wildman–Crippen MR) is 79.0 cm³/mol. The van der Waals surface area contributed by atoms with Crippen molar-refractivity contribution in [2.75, 3.05) is 5.73 Å². The standard InChI is InChI=1S/C13H7Cl2F3N2O3/c14-7-3-6(13(16,17)18)1-2-11(7)23-12-5-9(19)10(20(21)22)4-8(12)15/h1-5H,19H2. The van der Waals surface area contributed by atoms with Gasteiger partial charge >= 0.3 is 6.18 Å². The summed E-state index contributed by atoms with van der Waals surface area (Å²) in [6.07, 6.45) is -4.54. The first-order valence-electron chi connectivity index (χ1n) is 5.87. The molecule has 0 unspecified atom stereocenters. The lowest BCUT2D eigenvalue weighted by molar-refractivity contribution is -0.383. The number of rotatable bonds is 3. The number of hydrogen-bond donors (Lipinski definition) is 1. The zero-order valence-electron chi connectivity index (χ0n) is 11.0. The number of halogens is 5. The maximum atomic E-state index is 12.6. The number of nitrogens with zero attached hydrogens (tertiary/aromatic N) is 1. The first kappa shape index (κ1) is 17.2. The van der Waals surface area contributed by atoms with Gasteiger partial charge in [-0.25, -0.2) is 0 Å². The molecule has 2 aromatic carbocycles. The number of nitro groups is 1. The van der Waals surface area contributed by atoms with Gasteiger partial charge < -0.3 is 10.5 Å². The Hall–Kier alpha value is -2.19. The van der Waals surface area contributed by atoms with Crippen LogP contribution in [-0.4, -0.2) is 4.92 Å². The van der Waals surface area contributed by atoms with E-state index >= 15 is 0 Å². The minimum Gasteiger partial charge on any atom is -0.454 e. The molecule has 0 aromatic heterocycles. The van der Waals surface area contributed by atoms with Gasteiger partial charge in [-0.3, -0.25) is 10.1 Å². The molecule has 122 valence electrons. The van der Waals surface area contributed by atoms with Gasteiger partial charge in [-0.1, -0.05) is 23.2 Å². The molecule has 0 spiro atoms. The van der Waals surface area contributed by atoms with Crippen molar-refractivity contribution < 1.29 is 22.8 Å². The van der Waals surface area contributed by atoms with Crippen LogP contribution in [0.1, 0.15) is 5.56 Å². The normalized spacial score (nSPS) is 11.3. The van der Waals surface area contributed by atoms with Crippen molar-refractivity contribution >= 4 is 34.6 Å². The number of alkyl halides is 3. The minimum absolute atomic E-state index is 0.0728. The van der Waals surface area contributed by atoms with Crippen molar-refractivity contribution in [2.45, 2.75) is 6.18 Å². The number of anilines is 1. The SMILES string of the molecule is Nc1cc(Oc2ccc(C(F)(F)F)cc2Cl)c(Cl)cc1[N+](=O)[O-]. The van der Waals surface area contributed by atoms with Gasteiger partial charge in [0, 0.05) is 12.1 Å². The second kappa shape index (κ2) is 6.13. The molecule has 2 aromatic rings. The second-order valence-electron chi connectivity index (χ2n) is 4.34. The number of nitrogens with two attached hydrogens (primary N) is 1. The molecular formula is C13H7Cl2F3N2O3. The monoisotopic (exact) mass is 366 g/mol. The summed E-state index contributed by atoms with van der Waals surface area (Å²) in [6, 6.07) is 4.56. The maximum absolute atomic E-state index is 12.6. The molecule has 0 atom stereocenters. The fraction of sp³-hybridized carbons (Fsp3) is 0.0769. The predicted octanol–water partition coefficient (Wildman–Crippen LogP) is 5.29. The summed E-state index contributed by atoms with van der Waals surface area (Å²) in [5, 5.41) is 10.3. The Kier molecular flexibility index (Phi) is 4.58. The Bertz CT molecular complexity index is 782. The van der Waals surface area contributed by atoms with E-state index in [0.29, 0.717) is 6.07 Å². The Morgan fingerprint density at radius 3 is 2.22 bits per heavy atom. The fourth-order valence-corrected chi connectivity index (χ4v) is 2.09. The van der Waals surface area contributed by atoms with Crippen LogP contribution in [0, 0.1) is 10.1 Å². The van der Waals surface area contributed by atoms with Gasteiger partial charge in [-0.2, -0.15) is 13.2 Å². The van der Waals surface area contributed by atoms with Gasteiger partial charge in [0.1, 0.15) is 17.2 Å². The highest BCUT2D eigenvalue weighted by atomic mass is 35.5. The average molecular weight is 367 g/mol. The van der Waals surface area contributed by atoms with Crippen LogP contribution in [0.3, 0.4) is 0 Å². The molecule has 0 saturated heterocycles. The molecule has 2 rings (SSSR count). The van der Waals surface area contributed by atoms with E-state index in [-0.39, 0.29) is 27.2 Å². The van der Waals surface area contributed by atoms with Gasteiger partial charge in [0.05, 0.1) is 20.5 Å². The Balaban J connectivity index is 2.37. The van der Waals surface area contributed by atoms with Crippen molar-refractivity contribution in [2.24, 2.45) is 0 Å². The summed E-state index contributed by atoms with van der Waals surface area (Å²) >= 11 is 11.6. The Morgan fingerprint density at radius 1 is 1.09 bits per heavy atom. The lowest BCUT2D eigenvalue weighted by Crippen LogP contribution is -2.04.